The molecule has 0 unspecified atom stereocenters. The number of anilines is 3. The molecule has 2 aromatic rings. The summed E-state index contributed by atoms with van der Waals surface area (Å²) in [7, 11) is 2.05. The van der Waals surface area contributed by atoms with Crippen LogP contribution in [0.15, 0.2) is 36.4 Å². The third-order valence-electron chi connectivity index (χ3n) is 4.15. The number of rotatable bonds is 4. The molecule has 8 nitrogen and oxygen atoms in total. The molecule has 1 saturated heterocycles. The summed E-state index contributed by atoms with van der Waals surface area (Å²) in [5, 5.41) is 14.0. The van der Waals surface area contributed by atoms with E-state index in [1.807, 2.05) is 19.2 Å². The average molecular weight is 354 g/mol. The van der Waals surface area contributed by atoms with Crippen molar-refractivity contribution >= 4 is 29.0 Å². The molecular formula is C18H22N6O2. The highest BCUT2D eigenvalue weighted by Crippen LogP contribution is 2.17. The van der Waals surface area contributed by atoms with Crippen molar-refractivity contribution in [3.63, 3.8) is 0 Å². The summed E-state index contributed by atoms with van der Waals surface area (Å²) in [6.07, 6.45) is 0. The quantitative estimate of drug-likeness (QED) is 0.866. The van der Waals surface area contributed by atoms with E-state index in [9.17, 15) is 9.59 Å². The summed E-state index contributed by atoms with van der Waals surface area (Å²) in [6, 6.07) is 10.7. The lowest BCUT2D eigenvalue weighted by Crippen LogP contribution is -2.47. The number of carbonyl (C=O) groups excluding carboxylic acids is 2. The number of nitrogens with zero attached hydrogens (tertiary/aromatic N) is 4. The van der Waals surface area contributed by atoms with Gasteiger partial charge in [0.05, 0.1) is 0 Å². The van der Waals surface area contributed by atoms with Crippen molar-refractivity contribution in [3.05, 3.63) is 42.1 Å². The van der Waals surface area contributed by atoms with Gasteiger partial charge in [0.15, 0.2) is 11.5 Å². The minimum absolute atomic E-state index is 0.0863. The van der Waals surface area contributed by atoms with Crippen molar-refractivity contribution in [1.82, 2.24) is 20.0 Å². The number of hydrogen-bond acceptors (Lipinski definition) is 6. The molecule has 8 heteroatoms. The smallest absolute Gasteiger partial charge is 0.274 e. The van der Waals surface area contributed by atoms with E-state index in [2.05, 4.69) is 25.7 Å². The minimum atomic E-state index is -0.114. The Morgan fingerprint density at radius 3 is 2.15 bits per heavy atom. The summed E-state index contributed by atoms with van der Waals surface area (Å²) in [5.74, 6) is 0.348. The highest BCUT2D eigenvalue weighted by atomic mass is 16.2. The summed E-state index contributed by atoms with van der Waals surface area (Å²) in [6.45, 7) is 4.61. The Hall–Kier alpha value is -3.00. The third kappa shape index (κ3) is 4.54. The highest BCUT2D eigenvalue weighted by molar-refractivity contribution is 5.92. The van der Waals surface area contributed by atoms with E-state index in [1.54, 1.807) is 29.2 Å². The van der Waals surface area contributed by atoms with Crippen LogP contribution < -0.4 is 10.6 Å². The fourth-order valence-electron chi connectivity index (χ4n) is 2.67. The summed E-state index contributed by atoms with van der Waals surface area (Å²) >= 11 is 0. The van der Waals surface area contributed by atoms with Crippen molar-refractivity contribution in [3.8, 4) is 0 Å². The van der Waals surface area contributed by atoms with Crippen LogP contribution in [-0.4, -0.2) is 65.0 Å². The molecule has 136 valence electrons. The predicted octanol–water partition coefficient (Wildman–Crippen LogP) is 1.57. The maximum Gasteiger partial charge on any atom is 0.274 e. The van der Waals surface area contributed by atoms with Crippen LogP contribution in [0.3, 0.4) is 0 Å². The Balaban J connectivity index is 1.60. The second kappa shape index (κ2) is 7.92. The molecule has 1 aromatic heterocycles. The standard InChI is InChI=1S/C18H22N6O2/c1-13(25)19-14-3-5-15(6-4-14)20-17-8-7-16(21-22-17)18(26)24-11-9-23(2)10-12-24/h3-8H,9-12H2,1-2H3,(H,19,25)(H,20,22). The fourth-order valence-corrected chi connectivity index (χ4v) is 2.67. The number of likely N-dealkylation sites (N-methyl/N-ethyl adjacent to an activating group) is 1. The Labute approximate surface area is 152 Å². The normalized spacial score (nSPS) is 14.8. The van der Waals surface area contributed by atoms with Gasteiger partial charge in [-0.1, -0.05) is 0 Å². The number of nitrogens with one attached hydrogen (secondary N) is 2. The molecule has 26 heavy (non-hydrogen) atoms. The molecule has 0 radical (unpaired) electrons. The van der Waals surface area contributed by atoms with Gasteiger partial charge in [-0.3, -0.25) is 9.59 Å². The molecule has 2 heterocycles. The lowest BCUT2D eigenvalue weighted by Gasteiger charge is -2.32. The van der Waals surface area contributed by atoms with E-state index in [1.165, 1.54) is 6.92 Å². The molecule has 2 amide bonds. The van der Waals surface area contributed by atoms with Crippen molar-refractivity contribution in [2.24, 2.45) is 0 Å². The van der Waals surface area contributed by atoms with Crippen molar-refractivity contribution in [1.29, 1.82) is 0 Å². The van der Waals surface area contributed by atoms with E-state index in [0.717, 1.165) is 24.5 Å². The first-order valence-corrected chi connectivity index (χ1v) is 8.47. The first kappa shape index (κ1) is 17.8. The topological polar surface area (TPSA) is 90.5 Å². The van der Waals surface area contributed by atoms with E-state index in [4.69, 9.17) is 0 Å². The molecule has 1 aliphatic rings. The van der Waals surface area contributed by atoms with Crippen molar-refractivity contribution < 1.29 is 9.59 Å². The molecule has 0 atom stereocenters. The molecule has 1 aromatic carbocycles. The van der Waals surface area contributed by atoms with Crippen LogP contribution in [0.5, 0.6) is 0 Å². The van der Waals surface area contributed by atoms with E-state index >= 15 is 0 Å². The largest absolute Gasteiger partial charge is 0.339 e. The Morgan fingerprint density at radius 2 is 1.58 bits per heavy atom. The number of piperazine rings is 1. The number of carbonyl (C=O) groups is 2. The van der Waals surface area contributed by atoms with Crippen LogP contribution >= 0.6 is 0 Å². The van der Waals surface area contributed by atoms with Crippen LogP contribution in [0.4, 0.5) is 17.2 Å². The Bertz CT molecular complexity index is 767. The minimum Gasteiger partial charge on any atom is -0.339 e. The molecule has 0 saturated carbocycles. The maximum atomic E-state index is 12.5. The predicted molar refractivity (Wildman–Crippen MR) is 99.5 cm³/mol. The number of hydrogen-bond donors (Lipinski definition) is 2. The fraction of sp³-hybridized carbons (Fsp3) is 0.333. The monoisotopic (exact) mass is 354 g/mol. The van der Waals surface area contributed by atoms with E-state index in [0.29, 0.717) is 24.6 Å². The average Bonchev–Trinajstić information content (AvgIpc) is 2.64. The maximum absolute atomic E-state index is 12.5. The zero-order chi connectivity index (χ0) is 18.5. The van der Waals surface area contributed by atoms with Crippen LogP contribution in [-0.2, 0) is 4.79 Å². The molecular weight excluding hydrogens is 332 g/mol. The molecule has 0 bridgehead atoms. The lowest BCUT2D eigenvalue weighted by molar-refractivity contribution is -0.114. The first-order chi connectivity index (χ1) is 12.5. The van der Waals surface area contributed by atoms with Gasteiger partial charge < -0.3 is 20.4 Å². The van der Waals surface area contributed by atoms with Gasteiger partial charge in [-0.05, 0) is 43.4 Å². The van der Waals surface area contributed by atoms with Crippen molar-refractivity contribution in [2.75, 3.05) is 43.9 Å². The van der Waals surface area contributed by atoms with E-state index < -0.39 is 0 Å². The molecule has 0 spiro atoms. The molecule has 3 rings (SSSR count). The van der Waals surface area contributed by atoms with Gasteiger partial charge >= 0.3 is 0 Å². The van der Waals surface area contributed by atoms with Crippen LogP contribution in [0.2, 0.25) is 0 Å². The second-order valence-electron chi connectivity index (χ2n) is 6.28. The van der Waals surface area contributed by atoms with Gasteiger partial charge in [0.2, 0.25) is 5.91 Å². The third-order valence-corrected chi connectivity index (χ3v) is 4.15. The second-order valence-corrected chi connectivity index (χ2v) is 6.28. The molecule has 1 fully saturated rings. The SMILES string of the molecule is CC(=O)Nc1ccc(Nc2ccc(C(=O)N3CCN(C)CC3)nn2)cc1. The summed E-state index contributed by atoms with van der Waals surface area (Å²) in [5.41, 5.74) is 1.88. The molecule has 2 N–H and O–H groups in total. The van der Waals surface area contributed by atoms with Gasteiger partial charge in [-0.25, -0.2) is 0 Å². The van der Waals surface area contributed by atoms with Gasteiger partial charge in [0.1, 0.15) is 0 Å². The zero-order valence-corrected chi connectivity index (χ0v) is 14.9. The summed E-state index contributed by atoms with van der Waals surface area (Å²) in [4.78, 5) is 27.5. The summed E-state index contributed by atoms with van der Waals surface area (Å²) < 4.78 is 0. The van der Waals surface area contributed by atoms with Crippen LogP contribution in [0, 0.1) is 0 Å². The Morgan fingerprint density at radius 1 is 0.923 bits per heavy atom. The van der Waals surface area contributed by atoms with Gasteiger partial charge in [0.25, 0.3) is 5.91 Å². The zero-order valence-electron chi connectivity index (χ0n) is 14.9. The van der Waals surface area contributed by atoms with Crippen LogP contribution in [0.25, 0.3) is 0 Å². The molecule has 0 aliphatic carbocycles. The Kier molecular flexibility index (Phi) is 5.43. The number of aromatic nitrogens is 2. The van der Waals surface area contributed by atoms with Gasteiger partial charge in [-0.2, -0.15) is 0 Å². The lowest BCUT2D eigenvalue weighted by atomic mass is 10.2. The van der Waals surface area contributed by atoms with Crippen LogP contribution in [0.1, 0.15) is 17.4 Å². The van der Waals surface area contributed by atoms with Crippen molar-refractivity contribution in [2.45, 2.75) is 6.92 Å². The first-order valence-electron chi connectivity index (χ1n) is 8.47. The van der Waals surface area contributed by atoms with E-state index in [-0.39, 0.29) is 11.8 Å². The number of amides is 2. The van der Waals surface area contributed by atoms with Gasteiger partial charge in [0, 0.05) is 44.5 Å². The number of benzene rings is 1. The molecule has 1 aliphatic heterocycles. The highest BCUT2D eigenvalue weighted by Gasteiger charge is 2.21. The van der Waals surface area contributed by atoms with Gasteiger partial charge in [-0.15, -0.1) is 10.2 Å².